The zero-order chi connectivity index (χ0) is 39.6. The van der Waals surface area contributed by atoms with E-state index >= 15 is 0 Å². The number of rotatable bonds is 11. The second kappa shape index (κ2) is 16.7. The van der Waals surface area contributed by atoms with Crippen molar-refractivity contribution in [3.8, 4) is 34.5 Å². The van der Waals surface area contributed by atoms with Crippen LogP contribution in [0.3, 0.4) is 0 Å². The lowest BCUT2D eigenvalue weighted by atomic mass is 9.98. The van der Waals surface area contributed by atoms with Crippen molar-refractivity contribution in [3.05, 3.63) is 83.1 Å². The fourth-order valence-electron chi connectivity index (χ4n) is 6.05. The first-order valence-electron chi connectivity index (χ1n) is 16.9. The smallest absolute Gasteiger partial charge is 0.330 e. The van der Waals surface area contributed by atoms with Gasteiger partial charge in [0.15, 0.2) is 17.6 Å². The molecule has 55 heavy (non-hydrogen) atoms. The van der Waals surface area contributed by atoms with Crippen LogP contribution in [0.2, 0.25) is 0 Å². The van der Waals surface area contributed by atoms with Crippen LogP contribution >= 0.6 is 0 Å². The minimum absolute atomic E-state index is 0.00850. The van der Waals surface area contributed by atoms with Crippen LogP contribution in [0, 0.1) is 0 Å². The zero-order valence-electron chi connectivity index (χ0n) is 28.9. The van der Waals surface area contributed by atoms with Crippen molar-refractivity contribution in [2.45, 2.75) is 67.5 Å². The Labute approximate surface area is 312 Å². The highest BCUT2D eigenvalue weighted by Crippen LogP contribution is 2.46. The zero-order valence-corrected chi connectivity index (χ0v) is 28.9. The summed E-state index contributed by atoms with van der Waals surface area (Å²) in [6.45, 7) is -1.32. The first kappa shape index (κ1) is 39.5. The second-order valence-electron chi connectivity index (χ2n) is 12.8. The van der Waals surface area contributed by atoms with E-state index < -0.39 is 86.7 Å². The molecule has 3 aliphatic heterocycles. The normalized spacial score (nSPS) is 30.5. The number of fused-ring (bicyclic) bond motifs is 1. The van der Waals surface area contributed by atoms with Crippen molar-refractivity contribution in [1.82, 2.24) is 0 Å². The van der Waals surface area contributed by atoms with Crippen LogP contribution in [0.4, 0.5) is 0 Å². The molecule has 11 atom stereocenters. The van der Waals surface area contributed by atoms with Crippen molar-refractivity contribution in [2.24, 2.45) is 0 Å². The Hall–Kier alpha value is -5.15. The lowest BCUT2D eigenvalue weighted by Crippen LogP contribution is -2.60. The molecule has 2 saturated heterocycles. The van der Waals surface area contributed by atoms with Crippen molar-refractivity contribution >= 4 is 18.1 Å². The number of hydrogen-bond acceptors (Lipinski definition) is 18. The van der Waals surface area contributed by atoms with Crippen LogP contribution < -0.4 is 14.2 Å². The van der Waals surface area contributed by atoms with Gasteiger partial charge in [-0.15, -0.1) is 0 Å². The second-order valence-corrected chi connectivity index (χ2v) is 12.8. The molecule has 2 fully saturated rings. The molecule has 18 nitrogen and oxygen atoms in total. The van der Waals surface area contributed by atoms with Gasteiger partial charge in [-0.25, -0.2) is 4.79 Å². The van der Waals surface area contributed by atoms with E-state index in [1.807, 2.05) is 0 Å². The molecule has 0 spiro atoms. The van der Waals surface area contributed by atoms with Crippen LogP contribution in [0.5, 0.6) is 34.5 Å². The molecule has 0 amide bonds. The molecule has 0 aromatic heterocycles. The predicted octanol–water partition coefficient (Wildman–Crippen LogP) is -0.454. The predicted molar refractivity (Wildman–Crippen MR) is 184 cm³/mol. The maximum Gasteiger partial charge on any atom is 0.330 e. The minimum atomic E-state index is -1.86. The molecule has 3 heterocycles. The van der Waals surface area contributed by atoms with Gasteiger partial charge < -0.3 is 84.2 Å². The Kier molecular flexibility index (Phi) is 12.0. The summed E-state index contributed by atoms with van der Waals surface area (Å²) in [5, 5.41) is 103. The molecule has 0 radical (unpaired) electrons. The molecule has 3 aliphatic rings. The molecule has 18 heteroatoms. The number of aliphatic hydroxyl groups is 7. The van der Waals surface area contributed by atoms with E-state index in [9.17, 15) is 55.9 Å². The van der Waals surface area contributed by atoms with Crippen LogP contribution in [0.25, 0.3) is 12.2 Å². The van der Waals surface area contributed by atoms with E-state index in [1.165, 1.54) is 67.8 Å². The van der Waals surface area contributed by atoms with Gasteiger partial charge in [0.2, 0.25) is 12.6 Å². The molecule has 1 unspecified atom stereocenters. The summed E-state index contributed by atoms with van der Waals surface area (Å²) in [5.74, 6) is -1.49. The lowest BCUT2D eigenvalue weighted by molar-refractivity contribution is -0.294. The number of esters is 1. The Morgan fingerprint density at radius 3 is 2.07 bits per heavy atom. The van der Waals surface area contributed by atoms with Gasteiger partial charge in [0.1, 0.15) is 84.2 Å². The first-order valence-corrected chi connectivity index (χ1v) is 16.9. The molecular weight excluding hydrogens is 732 g/mol. The fourth-order valence-corrected chi connectivity index (χ4v) is 6.05. The summed E-state index contributed by atoms with van der Waals surface area (Å²) >= 11 is 0. The van der Waals surface area contributed by atoms with Gasteiger partial charge in [-0.2, -0.15) is 0 Å². The van der Waals surface area contributed by atoms with Gasteiger partial charge in [-0.05, 0) is 42.0 Å². The van der Waals surface area contributed by atoms with Crippen LogP contribution in [-0.2, 0) is 23.7 Å². The van der Waals surface area contributed by atoms with E-state index in [4.69, 9.17) is 33.2 Å². The molecular formula is C37H40O18. The number of ether oxygens (including phenoxy) is 7. The van der Waals surface area contributed by atoms with Gasteiger partial charge in [0.25, 0.3) is 0 Å². The highest BCUT2D eigenvalue weighted by molar-refractivity contribution is 5.87. The third kappa shape index (κ3) is 8.57. The Morgan fingerprint density at radius 2 is 1.40 bits per heavy atom. The third-order valence-electron chi connectivity index (χ3n) is 9.09. The van der Waals surface area contributed by atoms with Gasteiger partial charge in [-0.3, -0.25) is 0 Å². The molecule has 10 N–H and O–H groups in total. The summed E-state index contributed by atoms with van der Waals surface area (Å²) in [6, 6.07) is 12.5. The Bertz CT molecular complexity index is 1880. The number of benzene rings is 3. The Balaban J connectivity index is 1.25. The highest BCUT2D eigenvalue weighted by Gasteiger charge is 2.47. The largest absolute Gasteiger partial charge is 0.508 e. The van der Waals surface area contributed by atoms with E-state index in [0.717, 1.165) is 12.1 Å². The summed E-state index contributed by atoms with van der Waals surface area (Å²) < 4.78 is 39.7. The minimum Gasteiger partial charge on any atom is -0.508 e. The first-order chi connectivity index (χ1) is 26.3. The van der Waals surface area contributed by atoms with E-state index in [2.05, 4.69) is 0 Å². The van der Waals surface area contributed by atoms with Crippen molar-refractivity contribution < 1.29 is 89.0 Å². The Morgan fingerprint density at radius 1 is 0.745 bits per heavy atom. The standard InChI is InChI=1S/C37H40O18/c1-49-24-10-16(2-8-21(24)41)3-9-28(42)50-15-27-30(44)32(46)34(48)37(55-27)53-25-13-20-22(51-35(25)17-4-6-18(39)7-5-17)11-19(40)12-23(20)52-36-33(47)31(45)29(43)26(14-38)54-36/h2-13,26-27,29-41,43-48H,14-15H2,1H3/b9-3+/t26-,27-,29-,30-,31+,32+,33+,34+,35?,36-,37-/m1/s1. The average Bonchev–Trinajstić information content (AvgIpc) is 3.17. The third-order valence-corrected chi connectivity index (χ3v) is 9.09. The van der Waals surface area contributed by atoms with Gasteiger partial charge in [0, 0.05) is 23.8 Å². The van der Waals surface area contributed by atoms with Crippen LogP contribution in [0.1, 0.15) is 22.8 Å². The summed E-state index contributed by atoms with van der Waals surface area (Å²) in [7, 11) is 1.37. The number of aliphatic hydroxyl groups excluding tert-OH is 7. The number of phenols is 3. The maximum absolute atomic E-state index is 12.6. The monoisotopic (exact) mass is 772 g/mol. The molecule has 0 aliphatic carbocycles. The quantitative estimate of drug-likeness (QED) is 0.0872. The maximum atomic E-state index is 12.6. The van der Waals surface area contributed by atoms with Crippen molar-refractivity contribution in [2.75, 3.05) is 20.3 Å². The van der Waals surface area contributed by atoms with Crippen LogP contribution in [0.15, 0.2) is 66.4 Å². The van der Waals surface area contributed by atoms with Gasteiger partial charge in [-0.1, -0.05) is 18.2 Å². The number of phenolic OH excluding ortho intramolecular Hbond substituents is 3. The highest BCUT2D eigenvalue weighted by atomic mass is 16.7. The summed E-state index contributed by atoms with van der Waals surface area (Å²) in [6.07, 6.45) is -14.1. The number of methoxy groups -OCH3 is 1. The molecule has 0 saturated carbocycles. The molecule has 3 aromatic rings. The fraction of sp³-hybridized carbons (Fsp3) is 0.378. The molecule has 6 rings (SSSR count). The SMILES string of the molecule is COc1cc(/C=C/C(=O)OC[C@H]2O[C@@H](OC3=Cc4c(cc(O)cc4O[C@@H]4O[C@H](CO)[C@@H](O)[C@H](O)[C@@H]4O)OC3c3ccc(O)cc3)[C@@H](O)[C@@H](O)[C@@H]2O)ccc1O. The van der Waals surface area contributed by atoms with Gasteiger partial charge >= 0.3 is 5.97 Å². The van der Waals surface area contributed by atoms with E-state index in [-0.39, 0.29) is 45.8 Å². The lowest BCUT2D eigenvalue weighted by Gasteiger charge is -2.41. The summed E-state index contributed by atoms with van der Waals surface area (Å²) in [4.78, 5) is 12.6. The molecule has 0 bridgehead atoms. The van der Waals surface area contributed by atoms with E-state index in [0.29, 0.717) is 11.1 Å². The van der Waals surface area contributed by atoms with Gasteiger partial charge in [0.05, 0.1) is 19.3 Å². The number of hydrogen-bond donors (Lipinski definition) is 10. The van der Waals surface area contributed by atoms with Crippen LogP contribution in [-0.4, -0.2) is 139 Å². The molecule has 3 aromatic carbocycles. The number of carbonyl (C=O) groups is 1. The van der Waals surface area contributed by atoms with E-state index in [1.54, 1.807) is 0 Å². The topological polar surface area (TPSA) is 284 Å². The summed E-state index contributed by atoms with van der Waals surface area (Å²) in [5.41, 5.74) is 0.968. The van der Waals surface area contributed by atoms with Crippen molar-refractivity contribution in [3.63, 3.8) is 0 Å². The number of carbonyl (C=O) groups excluding carboxylic acids is 1. The van der Waals surface area contributed by atoms with Crippen molar-refractivity contribution in [1.29, 1.82) is 0 Å². The molecule has 296 valence electrons. The number of aromatic hydroxyl groups is 3. The average molecular weight is 773 g/mol.